The zero-order valence-corrected chi connectivity index (χ0v) is 19.8. The van der Waals surface area contributed by atoms with Gasteiger partial charge in [-0.15, -0.1) is 0 Å². The summed E-state index contributed by atoms with van der Waals surface area (Å²) in [7, 11) is 0. The van der Waals surface area contributed by atoms with Gasteiger partial charge in [0.1, 0.15) is 0 Å². The van der Waals surface area contributed by atoms with Gasteiger partial charge in [0.2, 0.25) is 5.91 Å². The van der Waals surface area contributed by atoms with Crippen LogP contribution in [0.4, 0.5) is 0 Å². The molecule has 0 spiro atoms. The number of rotatable bonds is 7. The van der Waals surface area contributed by atoms with Crippen LogP contribution in [0.5, 0.6) is 0 Å². The van der Waals surface area contributed by atoms with Crippen molar-refractivity contribution < 1.29 is 4.79 Å². The Morgan fingerprint density at radius 3 is 2.59 bits per heavy atom. The lowest BCUT2D eigenvalue weighted by atomic mass is 9.95. The molecule has 1 atom stereocenters. The van der Waals surface area contributed by atoms with Crippen molar-refractivity contribution in [3.8, 4) is 0 Å². The molecule has 2 aromatic heterocycles. The fourth-order valence-electron chi connectivity index (χ4n) is 4.81. The summed E-state index contributed by atoms with van der Waals surface area (Å²) in [5.74, 6) is 0.875. The van der Waals surface area contributed by atoms with Crippen LogP contribution in [0, 0.1) is 26.7 Å². The van der Waals surface area contributed by atoms with Crippen molar-refractivity contribution in [1.29, 1.82) is 0 Å². The first-order valence-electron chi connectivity index (χ1n) is 11.8. The molecule has 1 unspecified atom stereocenters. The maximum absolute atomic E-state index is 12.8. The van der Waals surface area contributed by atoms with Crippen LogP contribution in [0.1, 0.15) is 60.4 Å². The second-order valence-corrected chi connectivity index (χ2v) is 9.27. The lowest BCUT2D eigenvalue weighted by molar-refractivity contribution is -0.121. The molecule has 4 rings (SSSR count). The van der Waals surface area contributed by atoms with Gasteiger partial charge >= 0.3 is 0 Å². The topological polar surface area (TPSA) is 62.5 Å². The van der Waals surface area contributed by atoms with Gasteiger partial charge in [0.25, 0.3) is 0 Å². The first-order valence-corrected chi connectivity index (χ1v) is 11.8. The van der Waals surface area contributed by atoms with Gasteiger partial charge in [-0.3, -0.25) is 9.69 Å². The molecule has 1 saturated heterocycles. The van der Waals surface area contributed by atoms with Gasteiger partial charge in [0.15, 0.2) is 5.65 Å². The van der Waals surface area contributed by atoms with Crippen LogP contribution in [0.2, 0.25) is 0 Å². The molecule has 1 aliphatic rings. The summed E-state index contributed by atoms with van der Waals surface area (Å²) in [6, 6.07) is 12.8. The third-order valence-corrected chi connectivity index (χ3v) is 6.82. The minimum atomic E-state index is 0.0897. The molecule has 1 amide bonds. The second-order valence-electron chi connectivity index (χ2n) is 9.27. The minimum Gasteiger partial charge on any atom is -0.354 e. The third-order valence-electron chi connectivity index (χ3n) is 6.82. The Morgan fingerprint density at radius 1 is 1.16 bits per heavy atom. The van der Waals surface area contributed by atoms with Gasteiger partial charge < -0.3 is 5.32 Å². The Hall–Kier alpha value is -2.73. The average Bonchev–Trinajstić information content (AvgIpc) is 3.16. The fourth-order valence-corrected chi connectivity index (χ4v) is 4.81. The molecule has 1 aliphatic heterocycles. The smallest absolute Gasteiger partial charge is 0.220 e. The van der Waals surface area contributed by atoms with Crippen molar-refractivity contribution in [3.05, 3.63) is 64.6 Å². The van der Waals surface area contributed by atoms with Crippen molar-refractivity contribution in [3.63, 3.8) is 0 Å². The summed E-state index contributed by atoms with van der Waals surface area (Å²) in [5, 5.41) is 7.76. The van der Waals surface area contributed by atoms with E-state index in [1.807, 2.05) is 30.5 Å². The van der Waals surface area contributed by atoms with Crippen molar-refractivity contribution in [2.24, 2.45) is 5.92 Å². The Kier molecular flexibility index (Phi) is 6.89. The van der Waals surface area contributed by atoms with Gasteiger partial charge in [-0.1, -0.05) is 37.3 Å². The molecule has 3 heterocycles. The number of nitrogens with zero attached hydrogens (tertiary/aromatic N) is 4. The summed E-state index contributed by atoms with van der Waals surface area (Å²) in [6.07, 6.45) is 3.56. The zero-order chi connectivity index (χ0) is 22.7. The highest BCUT2D eigenvalue weighted by Gasteiger charge is 2.25. The van der Waals surface area contributed by atoms with Crippen LogP contribution in [-0.4, -0.2) is 45.0 Å². The maximum atomic E-state index is 12.8. The molecule has 1 N–H and O–H groups in total. The Labute approximate surface area is 191 Å². The second kappa shape index (κ2) is 9.82. The van der Waals surface area contributed by atoms with E-state index in [2.05, 4.69) is 58.4 Å². The summed E-state index contributed by atoms with van der Waals surface area (Å²) in [4.78, 5) is 20.0. The van der Waals surface area contributed by atoms with E-state index in [1.165, 1.54) is 18.4 Å². The van der Waals surface area contributed by atoms with Crippen molar-refractivity contribution in [2.45, 2.75) is 59.4 Å². The van der Waals surface area contributed by atoms with Gasteiger partial charge in [0, 0.05) is 30.4 Å². The van der Waals surface area contributed by atoms with E-state index in [4.69, 9.17) is 0 Å². The van der Waals surface area contributed by atoms with Crippen LogP contribution in [0.3, 0.4) is 0 Å². The standard InChI is InChI=1S/C26H35N5O/c1-18-12-14-30(15-13-18)24(22-8-6-5-7-9-22)17-27-26(32)11-10-23-20(3)28-25-16-19(2)29-31(25)21(23)4/h5-9,16,18,24H,10-15,17H2,1-4H3,(H,27,32). The number of aromatic nitrogens is 3. The number of hydrogen-bond donors (Lipinski definition) is 1. The van der Waals surface area contributed by atoms with Crippen molar-refractivity contribution >= 4 is 11.6 Å². The summed E-state index contributed by atoms with van der Waals surface area (Å²) in [5.41, 5.74) is 6.25. The van der Waals surface area contributed by atoms with E-state index < -0.39 is 0 Å². The number of amides is 1. The average molecular weight is 434 g/mol. The highest BCUT2D eigenvalue weighted by Crippen LogP contribution is 2.26. The summed E-state index contributed by atoms with van der Waals surface area (Å²) >= 11 is 0. The molecule has 1 fully saturated rings. The van der Waals surface area contributed by atoms with E-state index in [-0.39, 0.29) is 11.9 Å². The highest BCUT2D eigenvalue weighted by molar-refractivity contribution is 5.76. The van der Waals surface area contributed by atoms with Gasteiger partial charge in [-0.05, 0) is 70.2 Å². The molecule has 32 heavy (non-hydrogen) atoms. The van der Waals surface area contributed by atoms with E-state index in [0.717, 1.165) is 47.3 Å². The molecule has 6 nitrogen and oxygen atoms in total. The van der Waals surface area contributed by atoms with E-state index in [1.54, 1.807) is 0 Å². The lowest BCUT2D eigenvalue weighted by Crippen LogP contribution is -2.42. The quantitative estimate of drug-likeness (QED) is 0.607. The Balaban J connectivity index is 1.40. The predicted molar refractivity (Wildman–Crippen MR) is 128 cm³/mol. The number of carbonyl (C=O) groups is 1. The predicted octanol–water partition coefficient (Wildman–Crippen LogP) is 4.18. The first-order chi connectivity index (χ1) is 15.4. The fraction of sp³-hybridized carbons (Fsp3) is 0.500. The Morgan fingerprint density at radius 2 is 1.88 bits per heavy atom. The van der Waals surface area contributed by atoms with Crippen LogP contribution < -0.4 is 5.32 Å². The molecule has 3 aromatic rings. The number of aryl methyl sites for hydroxylation is 3. The summed E-state index contributed by atoms with van der Waals surface area (Å²) < 4.78 is 1.89. The molecule has 0 saturated carbocycles. The molecule has 170 valence electrons. The van der Waals surface area contributed by atoms with Gasteiger partial charge in [0.05, 0.1) is 11.7 Å². The zero-order valence-electron chi connectivity index (χ0n) is 19.8. The number of likely N-dealkylation sites (tertiary alicyclic amines) is 1. The number of piperidine rings is 1. The lowest BCUT2D eigenvalue weighted by Gasteiger charge is -2.37. The van der Waals surface area contributed by atoms with Gasteiger partial charge in [-0.25, -0.2) is 9.50 Å². The summed E-state index contributed by atoms with van der Waals surface area (Å²) in [6.45, 7) is 11.2. The molecule has 0 radical (unpaired) electrons. The first kappa shape index (κ1) is 22.5. The molecular weight excluding hydrogens is 398 g/mol. The van der Waals surface area contributed by atoms with Crippen molar-refractivity contribution in [1.82, 2.24) is 24.8 Å². The largest absolute Gasteiger partial charge is 0.354 e. The highest BCUT2D eigenvalue weighted by atomic mass is 16.1. The van der Waals surface area contributed by atoms with Crippen LogP contribution >= 0.6 is 0 Å². The monoisotopic (exact) mass is 433 g/mol. The SMILES string of the molecule is Cc1cc2nc(C)c(CCC(=O)NCC(c3ccccc3)N3CCC(C)CC3)c(C)n2n1. The Bertz CT molecular complexity index is 1070. The number of fused-ring (bicyclic) bond motifs is 1. The third kappa shape index (κ3) is 5.01. The van der Waals surface area contributed by atoms with Crippen LogP contribution in [-0.2, 0) is 11.2 Å². The number of carbonyl (C=O) groups excluding carboxylic acids is 1. The van der Waals surface area contributed by atoms with Crippen molar-refractivity contribution in [2.75, 3.05) is 19.6 Å². The molecule has 0 bridgehead atoms. The molecular formula is C26H35N5O. The van der Waals surface area contributed by atoms with Crippen LogP contribution in [0.25, 0.3) is 5.65 Å². The van der Waals surface area contributed by atoms with Crippen LogP contribution in [0.15, 0.2) is 36.4 Å². The molecule has 1 aromatic carbocycles. The number of nitrogens with one attached hydrogen (secondary N) is 1. The van der Waals surface area contributed by atoms with Gasteiger partial charge in [-0.2, -0.15) is 5.10 Å². The van der Waals surface area contributed by atoms with E-state index >= 15 is 0 Å². The molecule has 0 aliphatic carbocycles. The van der Waals surface area contributed by atoms with E-state index in [0.29, 0.717) is 19.4 Å². The molecule has 6 heteroatoms. The maximum Gasteiger partial charge on any atom is 0.220 e. The number of benzene rings is 1. The number of hydrogen-bond acceptors (Lipinski definition) is 4. The normalized spacial score (nSPS) is 16.4. The minimum absolute atomic E-state index is 0.0897. The van der Waals surface area contributed by atoms with E-state index in [9.17, 15) is 4.79 Å².